The van der Waals surface area contributed by atoms with Gasteiger partial charge in [0.05, 0.1) is 0 Å². The molecule has 0 spiro atoms. The minimum Gasteiger partial charge on any atom is -0.316 e. The highest BCUT2D eigenvalue weighted by atomic mass is 16.1. The second kappa shape index (κ2) is 4.81. The van der Waals surface area contributed by atoms with E-state index < -0.39 is 0 Å². The van der Waals surface area contributed by atoms with Gasteiger partial charge in [-0.2, -0.15) is 0 Å². The van der Waals surface area contributed by atoms with E-state index in [0.717, 1.165) is 44.3 Å². The van der Waals surface area contributed by atoms with Crippen LogP contribution in [0.4, 0.5) is 0 Å². The summed E-state index contributed by atoms with van der Waals surface area (Å²) in [5.74, 6) is 0.804. The van der Waals surface area contributed by atoms with E-state index in [1.54, 1.807) is 0 Å². The summed E-state index contributed by atoms with van der Waals surface area (Å²) < 4.78 is 0. The molecule has 1 atom stereocenters. The van der Waals surface area contributed by atoms with Gasteiger partial charge in [0.1, 0.15) is 5.78 Å². The van der Waals surface area contributed by atoms with Crippen molar-refractivity contribution in [1.29, 1.82) is 0 Å². The van der Waals surface area contributed by atoms with Crippen molar-refractivity contribution in [2.24, 2.45) is 5.92 Å². The lowest BCUT2D eigenvalue weighted by molar-refractivity contribution is -0.121. The Morgan fingerprint density at radius 1 is 1.00 bits per heavy atom. The smallest absolute Gasteiger partial charge is 0.159 e. The quantitative estimate of drug-likeness (QED) is 0.768. The molecule has 1 heterocycles. The Morgan fingerprint density at radius 2 is 1.89 bits per heavy atom. The number of carbonyl (C=O) groups is 2. The molecule has 2 aliphatic carbocycles. The molecule has 0 saturated carbocycles. The van der Waals surface area contributed by atoms with Gasteiger partial charge in [-0.1, -0.05) is 11.6 Å². The molecule has 3 aliphatic rings. The van der Waals surface area contributed by atoms with Crippen LogP contribution < -0.4 is 5.32 Å². The molecule has 3 rings (SSSR count). The van der Waals surface area contributed by atoms with Crippen molar-refractivity contribution in [3.63, 3.8) is 0 Å². The molecule has 0 radical (unpaired) electrons. The van der Waals surface area contributed by atoms with Gasteiger partial charge in [-0.25, -0.2) is 0 Å². The minimum absolute atomic E-state index is 0.102. The van der Waals surface area contributed by atoms with Crippen molar-refractivity contribution in [3.8, 4) is 0 Å². The normalized spacial score (nSPS) is 29.1. The van der Waals surface area contributed by atoms with E-state index in [0.29, 0.717) is 24.4 Å². The first-order valence-electron chi connectivity index (χ1n) is 6.95. The van der Waals surface area contributed by atoms with Gasteiger partial charge in [-0.15, -0.1) is 0 Å². The van der Waals surface area contributed by atoms with Gasteiger partial charge < -0.3 is 5.32 Å². The first-order chi connectivity index (χ1) is 8.75. The largest absolute Gasteiger partial charge is 0.316 e. The summed E-state index contributed by atoms with van der Waals surface area (Å²) in [6.07, 6.45) is 7.05. The summed E-state index contributed by atoms with van der Waals surface area (Å²) in [6, 6.07) is 0. The summed E-state index contributed by atoms with van der Waals surface area (Å²) in [5.41, 5.74) is 3.53. The van der Waals surface area contributed by atoms with Crippen LogP contribution in [0, 0.1) is 5.92 Å². The van der Waals surface area contributed by atoms with Gasteiger partial charge in [0.25, 0.3) is 0 Å². The molecule has 18 heavy (non-hydrogen) atoms. The fourth-order valence-corrected chi connectivity index (χ4v) is 3.34. The molecule has 0 amide bonds. The van der Waals surface area contributed by atoms with E-state index in [1.807, 2.05) is 0 Å². The molecule has 0 aromatic heterocycles. The van der Waals surface area contributed by atoms with E-state index in [2.05, 4.69) is 11.4 Å². The van der Waals surface area contributed by atoms with Crippen molar-refractivity contribution in [2.45, 2.75) is 38.5 Å². The number of hydrogen-bond acceptors (Lipinski definition) is 3. The zero-order valence-electron chi connectivity index (χ0n) is 10.6. The topological polar surface area (TPSA) is 46.2 Å². The molecule has 1 N–H and O–H groups in total. The van der Waals surface area contributed by atoms with E-state index in [4.69, 9.17) is 0 Å². The van der Waals surface area contributed by atoms with Crippen LogP contribution in [0.3, 0.4) is 0 Å². The van der Waals surface area contributed by atoms with Crippen LogP contribution in [-0.2, 0) is 9.59 Å². The zero-order chi connectivity index (χ0) is 12.5. The maximum absolute atomic E-state index is 12.1. The highest BCUT2D eigenvalue weighted by molar-refractivity contribution is 5.99. The Morgan fingerprint density at radius 3 is 2.78 bits per heavy atom. The SMILES string of the molecule is O=C1CCC2=C1CCC(C1CCNCCC1=O)=C2. The van der Waals surface area contributed by atoms with Crippen LogP contribution in [0.1, 0.15) is 38.5 Å². The molecule has 0 aromatic rings. The molecular formula is C15H19NO2. The Kier molecular flexibility index (Phi) is 3.16. The average molecular weight is 245 g/mol. The highest BCUT2D eigenvalue weighted by Gasteiger charge is 2.30. The number of ketones is 2. The van der Waals surface area contributed by atoms with Gasteiger partial charge >= 0.3 is 0 Å². The van der Waals surface area contributed by atoms with Crippen LogP contribution in [0.5, 0.6) is 0 Å². The Balaban J connectivity index is 1.84. The van der Waals surface area contributed by atoms with E-state index >= 15 is 0 Å². The second-order valence-electron chi connectivity index (χ2n) is 5.45. The number of nitrogens with one attached hydrogen (secondary N) is 1. The molecule has 1 unspecified atom stereocenters. The fraction of sp³-hybridized carbons (Fsp3) is 0.600. The van der Waals surface area contributed by atoms with Crippen LogP contribution in [0.15, 0.2) is 22.8 Å². The van der Waals surface area contributed by atoms with Crippen molar-refractivity contribution < 1.29 is 9.59 Å². The van der Waals surface area contributed by atoms with Gasteiger partial charge in [0.2, 0.25) is 0 Å². The number of Topliss-reactive ketones (excluding diaryl/α,β-unsaturated/α-hetero) is 2. The summed E-state index contributed by atoms with van der Waals surface area (Å²) in [5, 5.41) is 3.29. The van der Waals surface area contributed by atoms with Gasteiger partial charge in [-0.05, 0) is 43.4 Å². The molecule has 1 fully saturated rings. The molecule has 0 bridgehead atoms. The second-order valence-corrected chi connectivity index (χ2v) is 5.45. The summed E-state index contributed by atoms with van der Waals surface area (Å²) in [4.78, 5) is 23.8. The predicted octanol–water partition coefficient (Wildman–Crippen LogP) is 1.93. The first kappa shape index (κ1) is 11.8. The standard InChI is InChI=1S/C15H19NO2/c17-14-4-2-11-9-10(1-3-12(11)14)13-5-7-16-8-6-15(13)18/h9,13,16H,1-8H2. The summed E-state index contributed by atoms with van der Waals surface area (Å²) in [6.45, 7) is 1.74. The third kappa shape index (κ3) is 2.07. The third-order valence-electron chi connectivity index (χ3n) is 4.36. The summed E-state index contributed by atoms with van der Waals surface area (Å²) in [7, 11) is 0. The van der Waals surface area contributed by atoms with Crippen LogP contribution in [-0.4, -0.2) is 24.7 Å². The number of carbonyl (C=O) groups excluding carboxylic acids is 2. The molecule has 1 saturated heterocycles. The van der Waals surface area contributed by atoms with Gasteiger partial charge in [-0.3, -0.25) is 9.59 Å². The Labute approximate surface area is 107 Å². The number of hydrogen-bond donors (Lipinski definition) is 1. The molecule has 96 valence electrons. The van der Waals surface area contributed by atoms with E-state index in [-0.39, 0.29) is 5.92 Å². The summed E-state index contributed by atoms with van der Waals surface area (Å²) >= 11 is 0. The van der Waals surface area contributed by atoms with Crippen molar-refractivity contribution in [1.82, 2.24) is 5.32 Å². The monoisotopic (exact) mass is 245 g/mol. The van der Waals surface area contributed by atoms with Crippen molar-refractivity contribution in [3.05, 3.63) is 22.8 Å². The van der Waals surface area contributed by atoms with Crippen LogP contribution in [0.2, 0.25) is 0 Å². The van der Waals surface area contributed by atoms with Gasteiger partial charge in [0.15, 0.2) is 5.78 Å². The average Bonchev–Trinajstić information content (AvgIpc) is 2.61. The minimum atomic E-state index is 0.102. The fourth-order valence-electron chi connectivity index (χ4n) is 3.34. The maximum atomic E-state index is 12.1. The van der Waals surface area contributed by atoms with Gasteiger partial charge in [0, 0.05) is 25.3 Å². The highest BCUT2D eigenvalue weighted by Crippen LogP contribution is 2.37. The van der Waals surface area contributed by atoms with E-state index in [1.165, 1.54) is 11.1 Å². The zero-order valence-corrected chi connectivity index (χ0v) is 10.6. The van der Waals surface area contributed by atoms with E-state index in [9.17, 15) is 9.59 Å². The molecule has 3 nitrogen and oxygen atoms in total. The molecule has 3 heteroatoms. The molecule has 0 aromatic carbocycles. The number of rotatable bonds is 1. The van der Waals surface area contributed by atoms with Crippen molar-refractivity contribution in [2.75, 3.05) is 13.1 Å². The predicted molar refractivity (Wildman–Crippen MR) is 69.2 cm³/mol. The Hall–Kier alpha value is -1.22. The molecule has 1 aliphatic heterocycles. The lowest BCUT2D eigenvalue weighted by Gasteiger charge is -2.21. The lowest BCUT2D eigenvalue weighted by Crippen LogP contribution is -2.18. The Bertz CT molecular complexity index is 459. The lowest BCUT2D eigenvalue weighted by atomic mass is 9.82. The third-order valence-corrected chi connectivity index (χ3v) is 4.36. The van der Waals surface area contributed by atoms with Crippen molar-refractivity contribution >= 4 is 11.6 Å². The maximum Gasteiger partial charge on any atom is 0.159 e. The van der Waals surface area contributed by atoms with Crippen LogP contribution in [0.25, 0.3) is 0 Å². The van der Waals surface area contributed by atoms with Crippen LogP contribution >= 0.6 is 0 Å². The number of allylic oxidation sites excluding steroid dienone is 4. The first-order valence-corrected chi connectivity index (χ1v) is 6.95. The molecular weight excluding hydrogens is 226 g/mol.